The molecule has 3 aliphatic rings. The summed E-state index contributed by atoms with van der Waals surface area (Å²) in [7, 11) is 0. The van der Waals surface area contributed by atoms with E-state index >= 15 is 0 Å². The van der Waals surface area contributed by atoms with Gasteiger partial charge in [-0.05, 0) is 0 Å². The summed E-state index contributed by atoms with van der Waals surface area (Å²) < 4.78 is 15.5. The molecule has 6 nitrogen and oxygen atoms in total. The number of carbonyl (C=O) groups is 2. The van der Waals surface area contributed by atoms with E-state index in [1.54, 1.807) is 10.7 Å². The number of carbonyl (C=O) groups excluding carboxylic acids is 2. The topological polar surface area (TPSA) is 65.1 Å². The molecule has 14 heavy (non-hydrogen) atoms. The summed E-state index contributed by atoms with van der Waals surface area (Å²) in [6.07, 6.45) is 0. The normalized spacial score (nSPS) is 37.9. The molecule has 3 aliphatic heterocycles. The van der Waals surface area contributed by atoms with Crippen LogP contribution in [0.15, 0.2) is 0 Å². The fourth-order valence-electron chi connectivity index (χ4n) is 1.50. The van der Waals surface area contributed by atoms with E-state index in [0.29, 0.717) is 13.2 Å². The molecule has 0 radical (unpaired) electrons. The van der Waals surface area contributed by atoms with Gasteiger partial charge in [0, 0.05) is 0 Å². The Morgan fingerprint density at radius 3 is 2.36 bits per heavy atom. The third kappa shape index (κ3) is 2.07. The van der Waals surface area contributed by atoms with E-state index in [2.05, 4.69) is 0 Å². The van der Waals surface area contributed by atoms with Gasteiger partial charge in [0.15, 0.2) is 0 Å². The molecule has 7 heteroatoms. The van der Waals surface area contributed by atoms with Crippen molar-refractivity contribution in [1.29, 1.82) is 0 Å². The fourth-order valence-corrected chi connectivity index (χ4v) is 4.81. The van der Waals surface area contributed by atoms with Crippen LogP contribution in [0, 0.1) is 0 Å². The van der Waals surface area contributed by atoms with Crippen LogP contribution in [0.5, 0.6) is 0 Å². The Kier molecular flexibility index (Phi) is 2.50. The third-order valence-corrected chi connectivity index (χ3v) is 6.12. The van der Waals surface area contributed by atoms with Crippen molar-refractivity contribution in [3.05, 3.63) is 0 Å². The van der Waals surface area contributed by atoms with Gasteiger partial charge in [0.1, 0.15) is 0 Å². The molecule has 0 unspecified atom stereocenters. The summed E-state index contributed by atoms with van der Waals surface area (Å²) in [5.74, 6) is 0.885. The maximum absolute atomic E-state index is 11.3. The standard InChI is InChI=1S/C7H11GeNO5/c1-8-12-3-2-9(4-6(10)13-8)5-7(11)14-8/h2-5H2,1H3. The van der Waals surface area contributed by atoms with E-state index < -0.39 is 14.3 Å². The molecule has 0 saturated carbocycles. The summed E-state index contributed by atoms with van der Waals surface area (Å²) in [4.78, 5) is 24.2. The van der Waals surface area contributed by atoms with Gasteiger partial charge in [-0.25, -0.2) is 0 Å². The van der Waals surface area contributed by atoms with Crippen LogP contribution in [0.3, 0.4) is 0 Å². The molecular formula is C7H11GeNO5. The van der Waals surface area contributed by atoms with E-state index in [4.69, 9.17) is 11.3 Å². The second-order valence-electron chi connectivity index (χ2n) is 3.37. The van der Waals surface area contributed by atoms with Gasteiger partial charge >= 0.3 is 84.0 Å². The van der Waals surface area contributed by atoms with E-state index in [-0.39, 0.29) is 25.0 Å². The number of nitrogens with zero attached hydrogens (tertiary/aromatic N) is 1. The van der Waals surface area contributed by atoms with Crippen molar-refractivity contribution in [2.24, 2.45) is 0 Å². The first-order valence-corrected chi connectivity index (χ1v) is 9.04. The van der Waals surface area contributed by atoms with Crippen LogP contribution < -0.4 is 0 Å². The van der Waals surface area contributed by atoms with Crippen LogP contribution >= 0.6 is 0 Å². The number of fused-ring (bicyclic) bond motifs is 6. The SMILES string of the molecule is [CH3][Ge]12[O]CCN(CC(=O)[O]1)CC(=O)[O]2. The van der Waals surface area contributed by atoms with Gasteiger partial charge in [0.2, 0.25) is 0 Å². The quantitative estimate of drug-likeness (QED) is 0.521. The van der Waals surface area contributed by atoms with Crippen molar-refractivity contribution in [2.45, 2.75) is 5.76 Å². The second-order valence-corrected chi connectivity index (χ2v) is 8.45. The van der Waals surface area contributed by atoms with E-state index in [1.807, 2.05) is 0 Å². The van der Waals surface area contributed by atoms with Gasteiger partial charge in [-0.2, -0.15) is 0 Å². The molecule has 0 spiro atoms. The molecule has 0 aromatic carbocycles. The predicted octanol–water partition coefficient (Wildman–Crippen LogP) is -1.01. The molecule has 3 rings (SSSR count). The Morgan fingerprint density at radius 2 is 1.79 bits per heavy atom. The molecule has 0 N–H and O–H groups in total. The Morgan fingerprint density at radius 1 is 1.21 bits per heavy atom. The Bertz CT molecular complexity index is 261. The van der Waals surface area contributed by atoms with Crippen LogP contribution in [-0.4, -0.2) is 57.4 Å². The second kappa shape index (κ2) is 3.52. The summed E-state index contributed by atoms with van der Waals surface area (Å²) in [5.41, 5.74) is 0. The van der Waals surface area contributed by atoms with Crippen molar-refractivity contribution in [2.75, 3.05) is 26.2 Å². The summed E-state index contributed by atoms with van der Waals surface area (Å²) >= 11 is -3.56. The van der Waals surface area contributed by atoms with Crippen molar-refractivity contribution < 1.29 is 20.9 Å². The fraction of sp³-hybridized carbons (Fsp3) is 0.714. The third-order valence-electron chi connectivity index (χ3n) is 2.08. The zero-order chi connectivity index (χ0) is 10.2. The van der Waals surface area contributed by atoms with Gasteiger partial charge in [-0.3, -0.25) is 0 Å². The molecule has 3 saturated heterocycles. The zero-order valence-electron chi connectivity index (χ0n) is 7.82. The Labute approximate surface area is 84.5 Å². The van der Waals surface area contributed by atoms with Gasteiger partial charge in [0.05, 0.1) is 0 Å². The summed E-state index contributed by atoms with van der Waals surface area (Å²) in [5, 5.41) is 0. The Hall–Kier alpha value is -0.597. The number of hydrogen-bond donors (Lipinski definition) is 0. The number of rotatable bonds is 0. The molecular weight excluding hydrogens is 251 g/mol. The first-order chi connectivity index (χ1) is 6.57. The molecule has 78 valence electrons. The average molecular weight is 262 g/mol. The molecule has 0 aromatic heterocycles. The van der Waals surface area contributed by atoms with Crippen molar-refractivity contribution >= 4 is 26.2 Å². The Balaban J connectivity index is 2.24. The minimum atomic E-state index is -3.56. The van der Waals surface area contributed by atoms with E-state index in [9.17, 15) is 9.59 Å². The van der Waals surface area contributed by atoms with Crippen LogP contribution in [0.25, 0.3) is 0 Å². The zero-order valence-corrected chi connectivity index (χ0v) is 9.91. The average Bonchev–Trinajstić information content (AvgIpc) is 1.96. The van der Waals surface area contributed by atoms with Crippen LogP contribution in [0.4, 0.5) is 0 Å². The van der Waals surface area contributed by atoms with Crippen LogP contribution in [-0.2, 0) is 20.9 Å². The summed E-state index contributed by atoms with van der Waals surface area (Å²) in [6, 6.07) is 0. The molecule has 3 heterocycles. The molecule has 2 bridgehead atoms. The number of hydrogen-bond acceptors (Lipinski definition) is 6. The molecule has 0 aromatic rings. The van der Waals surface area contributed by atoms with Crippen LogP contribution in [0.1, 0.15) is 0 Å². The van der Waals surface area contributed by atoms with Gasteiger partial charge < -0.3 is 0 Å². The monoisotopic (exact) mass is 263 g/mol. The molecule has 0 aliphatic carbocycles. The van der Waals surface area contributed by atoms with Crippen LogP contribution in [0.2, 0.25) is 5.76 Å². The van der Waals surface area contributed by atoms with Gasteiger partial charge in [-0.1, -0.05) is 0 Å². The predicted molar refractivity (Wildman–Crippen MR) is 46.2 cm³/mol. The summed E-state index contributed by atoms with van der Waals surface area (Å²) in [6.45, 7) is 1.33. The van der Waals surface area contributed by atoms with Gasteiger partial charge in [0.25, 0.3) is 0 Å². The maximum atomic E-state index is 11.3. The van der Waals surface area contributed by atoms with E-state index in [1.165, 1.54) is 0 Å². The van der Waals surface area contributed by atoms with Crippen molar-refractivity contribution in [3.63, 3.8) is 0 Å². The first-order valence-electron chi connectivity index (χ1n) is 4.37. The van der Waals surface area contributed by atoms with Gasteiger partial charge in [-0.15, -0.1) is 0 Å². The van der Waals surface area contributed by atoms with E-state index in [0.717, 1.165) is 0 Å². The van der Waals surface area contributed by atoms with Crippen molar-refractivity contribution in [3.8, 4) is 0 Å². The first kappa shape index (κ1) is 9.94. The molecule has 0 amide bonds. The molecule has 3 fully saturated rings. The van der Waals surface area contributed by atoms with Crippen molar-refractivity contribution in [1.82, 2.24) is 4.90 Å². The molecule has 0 atom stereocenters. The minimum absolute atomic E-state index is 0.152.